The fourth-order valence-electron chi connectivity index (χ4n) is 1.65. The zero-order valence-electron chi connectivity index (χ0n) is 11.1. The SMILES string of the molecule is CC(=O)O.NCc1cccc(CN2C(=O)CNC2=O)c1. The molecule has 0 aromatic heterocycles. The van der Waals surface area contributed by atoms with Gasteiger partial charge in [-0.3, -0.25) is 14.5 Å². The molecule has 1 aromatic carbocycles. The van der Waals surface area contributed by atoms with Crippen LogP contribution in [0.2, 0.25) is 0 Å². The van der Waals surface area contributed by atoms with Crippen molar-refractivity contribution in [3.05, 3.63) is 35.4 Å². The first kappa shape index (κ1) is 15.6. The average molecular weight is 279 g/mol. The second-order valence-corrected chi connectivity index (χ2v) is 4.18. The van der Waals surface area contributed by atoms with Crippen LogP contribution in [0, 0.1) is 0 Å². The summed E-state index contributed by atoms with van der Waals surface area (Å²) in [5.74, 6) is -1.02. The number of hydrogen-bond acceptors (Lipinski definition) is 4. The summed E-state index contributed by atoms with van der Waals surface area (Å²) < 4.78 is 0. The van der Waals surface area contributed by atoms with Crippen LogP contribution in [0.15, 0.2) is 24.3 Å². The maximum absolute atomic E-state index is 11.4. The molecular formula is C13H17N3O4. The molecule has 3 amide bonds. The minimum Gasteiger partial charge on any atom is -0.481 e. The molecule has 1 fully saturated rings. The standard InChI is InChI=1S/C11H13N3O2.C2H4O2/c12-5-8-2-1-3-9(4-8)7-14-10(15)6-13-11(14)16;1-2(3)4/h1-4H,5-7,12H2,(H,13,16);1H3,(H,3,4). The number of imide groups is 1. The van der Waals surface area contributed by atoms with Crippen LogP contribution in [-0.2, 0) is 22.7 Å². The molecule has 0 atom stereocenters. The number of carbonyl (C=O) groups is 3. The summed E-state index contributed by atoms with van der Waals surface area (Å²) in [5, 5.41) is 9.90. The van der Waals surface area contributed by atoms with E-state index in [9.17, 15) is 9.59 Å². The summed E-state index contributed by atoms with van der Waals surface area (Å²) >= 11 is 0. The first-order valence-corrected chi connectivity index (χ1v) is 5.99. The molecule has 4 N–H and O–H groups in total. The Balaban J connectivity index is 0.000000444. The van der Waals surface area contributed by atoms with Crippen molar-refractivity contribution in [1.29, 1.82) is 0 Å². The van der Waals surface area contributed by atoms with Gasteiger partial charge in [-0.05, 0) is 11.1 Å². The lowest BCUT2D eigenvalue weighted by atomic mass is 10.1. The molecule has 1 saturated heterocycles. The fraction of sp³-hybridized carbons (Fsp3) is 0.308. The predicted molar refractivity (Wildman–Crippen MR) is 71.6 cm³/mol. The number of benzene rings is 1. The molecule has 0 bridgehead atoms. The largest absolute Gasteiger partial charge is 0.481 e. The molecule has 0 saturated carbocycles. The number of rotatable bonds is 3. The number of nitrogens with zero attached hydrogens (tertiary/aromatic N) is 1. The monoisotopic (exact) mass is 279 g/mol. The average Bonchev–Trinajstić information content (AvgIpc) is 2.70. The Kier molecular flexibility index (Phi) is 5.67. The van der Waals surface area contributed by atoms with E-state index in [0.29, 0.717) is 13.1 Å². The molecule has 1 aromatic rings. The van der Waals surface area contributed by atoms with Crippen molar-refractivity contribution in [2.24, 2.45) is 5.73 Å². The molecule has 1 aliphatic heterocycles. The van der Waals surface area contributed by atoms with Crippen LogP contribution < -0.4 is 11.1 Å². The van der Waals surface area contributed by atoms with Crippen molar-refractivity contribution in [2.45, 2.75) is 20.0 Å². The van der Waals surface area contributed by atoms with Gasteiger partial charge in [0.05, 0.1) is 13.1 Å². The lowest BCUT2D eigenvalue weighted by Crippen LogP contribution is -2.30. The lowest BCUT2D eigenvalue weighted by molar-refractivity contribution is -0.134. The normalized spacial score (nSPS) is 13.6. The molecule has 7 nitrogen and oxygen atoms in total. The number of carboxylic acids is 1. The Morgan fingerprint density at radius 1 is 1.40 bits per heavy atom. The molecule has 0 unspecified atom stereocenters. The van der Waals surface area contributed by atoms with Gasteiger partial charge in [0.25, 0.3) is 5.97 Å². The highest BCUT2D eigenvalue weighted by Gasteiger charge is 2.28. The van der Waals surface area contributed by atoms with Crippen LogP contribution in [0.25, 0.3) is 0 Å². The minimum atomic E-state index is -0.833. The van der Waals surface area contributed by atoms with Gasteiger partial charge in [-0.15, -0.1) is 0 Å². The third-order valence-corrected chi connectivity index (χ3v) is 2.50. The van der Waals surface area contributed by atoms with E-state index >= 15 is 0 Å². The maximum Gasteiger partial charge on any atom is 0.324 e. The van der Waals surface area contributed by atoms with Crippen LogP contribution in [0.1, 0.15) is 18.1 Å². The summed E-state index contributed by atoms with van der Waals surface area (Å²) in [7, 11) is 0. The summed E-state index contributed by atoms with van der Waals surface area (Å²) in [6.07, 6.45) is 0. The van der Waals surface area contributed by atoms with E-state index in [0.717, 1.165) is 18.1 Å². The Morgan fingerprint density at radius 3 is 2.50 bits per heavy atom. The van der Waals surface area contributed by atoms with E-state index in [1.54, 1.807) is 0 Å². The number of aliphatic carboxylic acids is 1. The molecular weight excluding hydrogens is 262 g/mol. The molecule has 0 radical (unpaired) electrons. The number of hydrogen-bond donors (Lipinski definition) is 3. The van der Waals surface area contributed by atoms with Crippen LogP contribution >= 0.6 is 0 Å². The molecule has 0 spiro atoms. The van der Waals surface area contributed by atoms with Crippen LogP contribution in [0.4, 0.5) is 4.79 Å². The highest BCUT2D eigenvalue weighted by Crippen LogP contribution is 2.10. The number of urea groups is 1. The van der Waals surface area contributed by atoms with Gasteiger partial charge in [-0.2, -0.15) is 0 Å². The lowest BCUT2D eigenvalue weighted by Gasteiger charge is -2.12. The Hall–Kier alpha value is -2.41. The van der Waals surface area contributed by atoms with E-state index in [1.807, 2.05) is 24.3 Å². The highest BCUT2D eigenvalue weighted by atomic mass is 16.4. The van der Waals surface area contributed by atoms with Crippen LogP contribution in [0.3, 0.4) is 0 Å². The van der Waals surface area contributed by atoms with Crippen LogP contribution in [-0.4, -0.2) is 34.5 Å². The third kappa shape index (κ3) is 4.69. The molecule has 7 heteroatoms. The number of nitrogens with one attached hydrogen (secondary N) is 1. The van der Waals surface area contributed by atoms with Crippen molar-refractivity contribution in [2.75, 3.05) is 6.54 Å². The third-order valence-electron chi connectivity index (χ3n) is 2.50. The van der Waals surface area contributed by atoms with Gasteiger partial charge in [0.2, 0.25) is 5.91 Å². The maximum atomic E-state index is 11.4. The van der Waals surface area contributed by atoms with Crippen LogP contribution in [0.5, 0.6) is 0 Å². The van der Waals surface area contributed by atoms with Crippen molar-refractivity contribution < 1.29 is 19.5 Å². The number of carboxylic acid groups (broad SMARTS) is 1. The summed E-state index contributed by atoms with van der Waals surface area (Å²) in [6.45, 7) is 1.93. The van der Waals surface area contributed by atoms with Crippen molar-refractivity contribution in [3.63, 3.8) is 0 Å². The summed E-state index contributed by atoms with van der Waals surface area (Å²) in [6, 6.07) is 7.23. The molecule has 108 valence electrons. The van der Waals surface area contributed by atoms with Gasteiger partial charge in [-0.25, -0.2) is 4.79 Å². The topological polar surface area (TPSA) is 113 Å². The molecule has 0 aliphatic carbocycles. The van der Waals surface area contributed by atoms with Gasteiger partial charge in [0.1, 0.15) is 0 Å². The quantitative estimate of drug-likeness (QED) is 0.688. The predicted octanol–water partition coefficient (Wildman–Crippen LogP) is 0.288. The highest BCUT2D eigenvalue weighted by molar-refractivity contribution is 6.01. The van der Waals surface area contributed by atoms with Crippen molar-refractivity contribution in [1.82, 2.24) is 10.2 Å². The first-order valence-electron chi connectivity index (χ1n) is 5.99. The van der Waals surface area contributed by atoms with Gasteiger partial charge < -0.3 is 16.2 Å². The Labute approximate surface area is 116 Å². The van der Waals surface area contributed by atoms with Crippen molar-refractivity contribution >= 4 is 17.9 Å². The first-order chi connectivity index (χ1) is 9.43. The Bertz CT molecular complexity index is 496. The molecule has 2 rings (SSSR count). The zero-order valence-corrected chi connectivity index (χ0v) is 11.1. The van der Waals surface area contributed by atoms with Gasteiger partial charge >= 0.3 is 6.03 Å². The molecule has 1 aliphatic rings. The van der Waals surface area contributed by atoms with E-state index < -0.39 is 5.97 Å². The summed E-state index contributed by atoms with van der Waals surface area (Å²) in [4.78, 5) is 32.9. The second-order valence-electron chi connectivity index (χ2n) is 4.18. The summed E-state index contributed by atoms with van der Waals surface area (Å²) in [5.41, 5.74) is 7.42. The van der Waals surface area contributed by atoms with E-state index in [-0.39, 0.29) is 18.5 Å². The number of amides is 3. The smallest absolute Gasteiger partial charge is 0.324 e. The Morgan fingerprint density at radius 2 is 2.00 bits per heavy atom. The molecule has 20 heavy (non-hydrogen) atoms. The minimum absolute atomic E-state index is 0.0927. The van der Waals surface area contributed by atoms with Gasteiger partial charge in [-0.1, -0.05) is 24.3 Å². The fourth-order valence-corrected chi connectivity index (χ4v) is 1.65. The number of carbonyl (C=O) groups excluding carboxylic acids is 2. The molecule has 1 heterocycles. The van der Waals surface area contributed by atoms with Gasteiger partial charge in [0.15, 0.2) is 0 Å². The second kappa shape index (κ2) is 7.25. The van der Waals surface area contributed by atoms with E-state index in [1.165, 1.54) is 4.90 Å². The van der Waals surface area contributed by atoms with Gasteiger partial charge in [0, 0.05) is 13.5 Å². The number of nitrogens with two attached hydrogens (primary N) is 1. The van der Waals surface area contributed by atoms with E-state index in [4.69, 9.17) is 15.6 Å². The zero-order chi connectivity index (χ0) is 15.1. The van der Waals surface area contributed by atoms with E-state index in [2.05, 4.69) is 5.32 Å². The van der Waals surface area contributed by atoms with Crippen molar-refractivity contribution in [3.8, 4) is 0 Å².